The van der Waals surface area contributed by atoms with Gasteiger partial charge in [0.2, 0.25) is 5.91 Å². The first kappa shape index (κ1) is 77.1. The number of ether oxygens (including phenoxy) is 1. The molecule has 0 aromatic rings. The van der Waals surface area contributed by atoms with E-state index < -0.39 is 12.1 Å². The maximum Gasteiger partial charge on any atom is 0.305 e. The molecule has 0 aromatic heterocycles. The van der Waals surface area contributed by atoms with Crippen molar-refractivity contribution in [1.82, 2.24) is 5.32 Å². The second kappa shape index (κ2) is 68.6. The van der Waals surface area contributed by atoms with Gasteiger partial charge in [0.05, 0.1) is 25.4 Å². The van der Waals surface area contributed by atoms with E-state index in [0.717, 1.165) is 51.4 Å². The molecule has 0 aliphatic heterocycles. The fraction of sp³-hybridized carbons (Fsp3) is 0.890. The van der Waals surface area contributed by atoms with Gasteiger partial charge in [0, 0.05) is 12.8 Å². The van der Waals surface area contributed by atoms with E-state index in [2.05, 4.69) is 55.6 Å². The van der Waals surface area contributed by atoms with Gasteiger partial charge in [-0.3, -0.25) is 9.59 Å². The second-order valence-electron chi connectivity index (χ2n) is 24.6. The normalized spacial score (nSPS) is 12.7. The Morgan fingerprint density at radius 3 is 1.01 bits per heavy atom. The van der Waals surface area contributed by atoms with Crippen molar-refractivity contribution >= 4 is 11.9 Å². The Hall–Kier alpha value is -1.92. The van der Waals surface area contributed by atoms with Crippen molar-refractivity contribution in [3.05, 3.63) is 36.5 Å². The summed E-state index contributed by atoms with van der Waals surface area (Å²) >= 11 is 0. The first-order chi connectivity index (χ1) is 39.0. The van der Waals surface area contributed by atoms with Gasteiger partial charge in [-0.2, -0.15) is 0 Å². The predicted octanol–water partition coefficient (Wildman–Crippen LogP) is 23.1. The van der Waals surface area contributed by atoms with Crippen molar-refractivity contribution in [2.24, 2.45) is 0 Å². The van der Waals surface area contributed by atoms with Crippen LogP contribution in [-0.2, 0) is 14.3 Å². The molecule has 79 heavy (non-hydrogen) atoms. The Morgan fingerprint density at radius 1 is 0.354 bits per heavy atom. The number of carbonyl (C=O) groups excluding carboxylic acids is 2. The highest BCUT2D eigenvalue weighted by Gasteiger charge is 2.20. The van der Waals surface area contributed by atoms with Crippen LogP contribution in [0.1, 0.15) is 393 Å². The van der Waals surface area contributed by atoms with E-state index >= 15 is 0 Å². The van der Waals surface area contributed by atoms with E-state index in [4.69, 9.17) is 4.74 Å². The number of unbranched alkanes of at least 4 members (excludes halogenated alkanes) is 50. The van der Waals surface area contributed by atoms with E-state index in [-0.39, 0.29) is 18.5 Å². The molecule has 0 heterocycles. The average molecular weight is 1110 g/mol. The van der Waals surface area contributed by atoms with Crippen LogP contribution in [0.15, 0.2) is 36.5 Å². The molecule has 0 fully saturated rings. The highest BCUT2D eigenvalue weighted by Crippen LogP contribution is 2.19. The van der Waals surface area contributed by atoms with Gasteiger partial charge >= 0.3 is 5.97 Å². The van der Waals surface area contributed by atoms with Crippen LogP contribution in [0.4, 0.5) is 0 Å². The minimum absolute atomic E-state index is 0.0000426. The fourth-order valence-corrected chi connectivity index (χ4v) is 11.2. The maximum atomic E-state index is 12.6. The molecule has 0 spiro atoms. The Morgan fingerprint density at radius 2 is 0.646 bits per heavy atom. The highest BCUT2D eigenvalue weighted by atomic mass is 16.5. The molecule has 3 N–H and O–H groups in total. The zero-order valence-corrected chi connectivity index (χ0v) is 53.4. The zero-order valence-electron chi connectivity index (χ0n) is 53.4. The topological polar surface area (TPSA) is 95.9 Å². The molecule has 0 bridgehead atoms. The number of aliphatic hydroxyl groups excluding tert-OH is 2. The Labute approximate surface area is 494 Å². The SMILES string of the molecule is CCCC/C=C\CCCCCCCC(=O)OCCCCCCCCCCC/C=C\C/C=C\CCCCCCCCCCCCCC(=O)NC(CO)C(O)CCCCCCCCCCCCCCCCCCCCCCCCCC. The fourth-order valence-electron chi connectivity index (χ4n) is 11.2. The molecule has 2 atom stereocenters. The first-order valence-electron chi connectivity index (χ1n) is 35.7. The lowest BCUT2D eigenvalue weighted by atomic mass is 10.0. The maximum absolute atomic E-state index is 12.6. The number of carbonyl (C=O) groups is 2. The molecule has 0 radical (unpaired) electrons. The van der Waals surface area contributed by atoms with E-state index in [0.29, 0.717) is 25.9 Å². The number of allylic oxidation sites excluding steroid dienone is 6. The summed E-state index contributed by atoms with van der Waals surface area (Å²) in [5.74, 6) is -0.0338. The lowest BCUT2D eigenvalue weighted by Crippen LogP contribution is -2.45. The standard InChI is InChI=1S/C73H139NO5/c1-3-5-7-9-11-13-15-16-17-18-19-20-21-27-30-33-36-39-42-46-49-53-57-61-65-71(76)70(69-75)74-72(77)66-62-58-54-50-47-43-40-37-34-31-28-25-23-22-24-26-29-32-35-38-41-44-48-52-56-60-64-68-79-73(78)67-63-59-55-51-45-14-12-10-8-6-4-2/h10,12,22-23,26,29,70-71,75-76H,3-9,11,13-21,24-25,27-28,30-69H2,1-2H3,(H,74,77)/b12-10-,23-22-,29-26-. The van der Waals surface area contributed by atoms with Crippen molar-refractivity contribution in [3.8, 4) is 0 Å². The Balaban J connectivity index is 3.42. The molecule has 0 saturated heterocycles. The summed E-state index contributed by atoms with van der Waals surface area (Å²) in [7, 11) is 0. The Kier molecular flexibility index (Phi) is 66.9. The van der Waals surface area contributed by atoms with Gasteiger partial charge in [-0.1, -0.05) is 339 Å². The molecule has 2 unspecified atom stereocenters. The molecule has 0 saturated carbocycles. The predicted molar refractivity (Wildman–Crippen MR) is 347 cm³/mol. The summed E-state index contributed by atoms with van der Waals surface area (Å²) < 4.78 is 5.46. The minimum Gasteiger partial charge on any atom is -0.466 e. The highest BCUT2D eigenvalue weighted by molar-refractivity contribution is 5.76. The summed E-state index contributed by atoms with van der Waals surface area (Å²) in [5, 5.41) is 23.4. The second-order valence-corrected chi connectivity index (χ2v) is 24.6. The van der Waals surface area contributed by atoms with E-state index in [1.165, 1.54) is 308 Å². The van der Waals surface area contributed by atoms with Gasteiger partial charge in [-0.25, -0.2) is 0 Å². The quantitative estimate of drug-likeness (QED) is 0.0320. The number of esters is 1. The molecule has 1 amide bonds. The van der Waals surface area contributed by atoms with Crippen molar-refractivity contribution < 1.29 is 24.5 Å². The average Bonchev–Trinajstić information content (AvgIpc) is 3.45. The van der Waals surface area contributed by atoms with Crippen LogP contribution in [0.3, 0.4) is 0 Å². The summed E-state index contributed by atoms with van der Waals surface area (Å²) in [5.41, 5.74) is 0. The van der Waals surface area contributed by atoms with Crippen LogP contribution in [0.2, 0.25) is 0 Å². The smallest absolute Gasteiger partial charge is 0.305 e. The number of amides is 1. The number of hydrogen-bond donors (Lipinski definition) is 3. The van der Waals surface area contributed by atoms with Crippen LogP contribution in [-0.4, -0.2) is 47.4 Å². The summed E-state index contributed by atoms with van der Waals surface area (Å²) in [4.78, 5) is 24.6. The van der Waals surface area contributed by atoms with Gasteiger partial charge in [-0.15, -0.1) is 0 Å². The lowest BCUT2D eigenvalue weighted by molar-refractivity contribution is -0.143. The Bertz CT molecular complexity index is 1280. The molecule has 6 nitrogen and oxygen atoms in total. The first-order valence-corrected chi connectivity index (χ1v) is 35.7. The van der Waals surface area contributed by atoms with Crippen molar-refractivity contribution in [2.75, 3.05) is 13.2 Å². The van der Waals surface area contributed by atoms with Crippen molar-refractivity contribution in [1.29, 1.82) is 0 Å². The van der Waals surface area contributed by atoms with Crippen LogP contribution in [0.25, 0.3) is 0 Å². The molecule has 6 heteroatoms. The molecule has 466 valence electrons. The minimum atomic E-state index is -0.668. The third-order valence-corrected chi connectivity index (χ3v) is 16.7. The third-order valence-electron chi connectivity index (χ3n) is 16.7. The van der Waals surface area contributed by atoms with E-state index in [1.54, 1.807) is 0 Å². The lowest BCUT2D eigenvalue weighted by Gasteiger charge is -2.22. The number of rotatable bonds is 67. The van der Waals surface area contributed by atoms with Crippen LogP contribution in [0.5, 0.6) is 0 Å². The summed E-state index contributed by atoms with van der Waals surface area (Å²) in [6.45, 7) is 4.94. The van der Waals surface area contributed by atoms with Crippen LogP contribution in [0, 0.1) is 0 Å². The van der Waals surface area contributed by atoms with Gasteiger partial charge in [0.1, 0.15) is 0 Å². The number of aliphatic hydroxyl groups is 2. The van der Waals surface area contributed by atoms with Crippen LogP contribution >= 0.6 is 0 Å². The molecular weight excluding hydrogens is 971 g/mol. The molecule has 0 rings (SSSR count). The van der Waals surface area contributed by atoms with E-state index in [1.807, 2.05) is 0 Å². The monoisotopic (exact) mass is 1110 g/mol. The molecule has 0 aromatic carbocycles. The van der Waals surface area contributed by atoms with Gasteiger partial charge in [0.15, 0.2) is 0 Å². The molecular formula is C73H139NO5. The number of hydrogen-bond acceptors (Lipinski definition) is 5. The molecule has 0 aliphatic carbocycles. The molecule has 0 aliphatic rings. The van der Waals surface area contributed by atoms with Gasteiger partial charge < -0.3 is 20.3 Å². The van der Waals surface area contributed by atoms with Crippen LogP contribution < -0.4 is 5.32 Å². The number of nitrogens with one attached hydrogen (secondary N) is 1. The van der Waals surface area contributed by atoms with Gasteiger partial charge in [-0.05, 0) is 77.0 Å². The van der Waals surface area contributed by atoms with Crippen molar-refractivity contribution in [2.45, 2.75) is 405 Å². The summed E-state index contributed by atoms with van der Waals surface area (Å²) in [6.07, 6.45) is 87.7. The zero-order chi connectivity index (χ0) is 57.1. The largest absolute Gasteiger partial charge is 0.466 e. The summed E-state index contributed by atoms with van der Waals surface area (Å²) in [6, 6.07) is -0.546. The van der Waals surface area contributed by atoms with Crippen molar-refractivity contribution in [3.63, 3.8) is 0 Å². The third kappa shape index (κ3) is 65.1. The van der Waals surface area contributed by atoms with Gasteiger partial charge in [0.25, 0.3) is 0 Å². The van der Waals surface area contributed by atoms with E-state index in [9.17, 15) is 19.8 Å².